The van der Waals surface area contributed by atoms with Gasteiger partial charge in [-0.05, 0) is 0 Å². The highest BCUT2D eigenvalue weighted by Gasteiger charge is 2.17. The number of hydrogen-bond acceptors (Lipinski definition) is 4. The lowest BCUT2D eigenvalue weighted by Crippen LogP contribution is -1.90. The Morgan fingerprint density at radius 1 is 1.10 bits per heavy atom. The average Bonchev–Trinajstić information content (AvgIpc) is 3.11. The smallest absolute Gasteiger partial charge is 0.171 e. The van der Waals surface area contributed by atoms with Gasteiger partial charge in [-0.25, -0.2) is 15.0 Å². The van der Waals surface area contributed by atoms with Gasteiger partial charge in [0.1, 0.15) is 17.5 Å². The van der Waals surface area contributed by atoms with Crippen LogP contribution in [0.1, 0.15) is 0 Å². The van der Waals surface area contributed by atoms with E-state index < -0.39 is 0 Å². The molecule has 3 heterocycles. The van der Waals surface area contributed by atoms with Crippen LogP contribution in [0.3, 0.4) is 0 Å². The van der Waals surface area contributed by atoms with E-state index in [0.717, 1.165) is 28.2 Å². The lowest BCUT2D eigenvalue weighted by Gasteiger charge is -2.03. The van der Waals surface area contributed by atoms with Crippen LogP contribution in [0.15, 0.2) is 59.7 Å². The zero-order valence-electron chi connectivity index (χ0n) is 11.4. The van der Waals surface area contributed by atoms with Gasteiger partial charge in [-0.3, -0.25) is 0 Å². The van der Waals surface area contributed by atoms with Crippen LogP contribution < -0.4 is 0 Å². The number of aryl methyl sites for hydroxylation is 1. The van der Waals surface area contributed by atoms with Gasteiger partial charge in [0.25, 0.3) is 0 Å². The Bertz CT molecular complexity index is 875. The number of fused-ring (bicyclic) bond motifs is 1. The summed E-state index contributed by atoms with van der Waals surface area (Å²) in [6.07, 6.45) is 4.98. The lowest BCUT2D eigenvalue weighted by atomic mass is 10.1. The van der Waals surface area contributed by atoms with Gasteiger partial charge >= 0.3 is 0 Å². The van der Waals surface area contributed by atoms with Crippen LogP contribution >= 0.6 is 0 Å². The Balaban J connectivity index is 1.94. The third kappa shape index (κ3) is 1.90. The molecule has 21 heavy (non-hydrogen) atoms. The molecule has 0 amide bonds. The van der Waals surface area contributed by atoms with Crippen LogP contribution in [-0.4, -0.2) is 19.5 Å². The van der Waals surface area contributed by atoms with E-state index in [2.05, 4.69) is 15.0 Å². The SMILES string of the molecule is Cn1cnc(-c2ccccc2)c1-c1cc2ncncc2o1. The standard InChI is InChI=1S/C16H12N4O/c1-20-10-19-15(11-5-3-2-4-6-11)16(20)13-7-12-14(21-13)8-17-9-18-12/h2-10H,1H3. The zero-order valence-corrected chi connectivity index (χ0v) is 11.4. The van der Waals surface area contributed by atoms with Gasteiger partial charge in [-0.2, -0.15) is 0 Å². The van der Waals surface area contributed by atoms with Crippen molar-refractivity contribution in [3.8, 4) is 22.7 Å². The number of furan rings is 1. The van der Waals surface area contributed by atoms with Crippen molar-refractivity contribution < 1.29 is 4.42 Å². The summed E-state index contributed by atoms with van der Waals surface area (Å²) in [7, 11) is 1.95. The summed E-state index contributed by atoms with van der Waals surface area (Å²) in [5.41, 5.74) is 4.34. The molecule has 0 aliphatic rings. The monoisotopic (exact) mass is 276 g/mol. The number of nitrogens with zero attached hydrogens (tertiary/aromatic N) is 4. The average molecular weight is 276 g/mol. The Morgan fingerprint density at radius 3 is 2.76 bits per heavy atom. The fraction of sp³-hybridized carbons (Fsp3) is 0.0625. The van der Waals surface area contributed by atoms with Gasteiger partial charge in [-0.1, -0.05) is 30.3 Å². The number of aromatic nitrogens is 4. The highest BCUT2D eigenvalue weighted by molar-refractivity contribution is 5.83. The maximum atomic E-state index is 5.87. The summed E-state index contributed by atoms with van der Waals surface area (Å²) in [6.45, 7) is 0. The third-order valence-electron chi connectivity index (χ3n) is 3.41. The van der Waals surface area contributed by atoms with Gasteiger partial charge in [-0.15, -0.1) is 0 Å². The van der Waals surface area contributed by atoms with Crippen LogP contribution in [0.4, 0.5) is 0 Å². The van der Waals surface area contributed by atoms with E-state index in [1.807, 2.05) is 48.0 Å². The first-order valence-corrected chi connectivity index (χ1v) is 6.59. The molecule has 0 radical (unpaired) electrons. The molecule has 0 atom stereocenters. The second-order valence-electron chi connectivity index (χ2n) is 4.80. The summed E-state index contributed by atoms with van der Waals surface area (Å²) < 4.78 is 7.82. The number of imidazole rings is 1. The van der Waals surface area contributed by atoms with Gasteiger partial charge < -0.3 is 8.98 Å². The number of hydrogen-bond donors (Lipinski definition) is 0. The van der Waals surface area contributed by atoms with Crippen LogP contribution in [0.25, 0.3) is 33.8 Å². The van der Waals surface area contributed by atoms with Crippen LogP contribution in [0, 0.1) is 0 Å². The van der Waals surface area contributed by atoms with E-state index in [1.54, 1.807) is 12.5 Å². The van der Waals surface area contributed by atoms with Gasteiger partial charge in [0, 0.05) is 18.7 Å². The van der Waals surface area contributed by atoms with Crippen LogP contribution in [-0.2, 0) is 7.05 Å². The minimum Gasteiger partial charge on any atom is -0.451 e. The Kier molecular flexibility index (Phi) is 2.57. The molecule has 0 N–H and O–H groups in total. The van der Waals surface area contributed by atoms with Crippen molar-refractivity contribution in [3.63, 3.8) is 0 Å². The zero-order chi connectivity index (χ0) is 14.2. The maximum Gasteiger partial charge on any atom is 0.171 e. The summed E-state index contributed by atoms with van der Waals surface area (Å²) in [4.78, 5) is 12.7. The topological polar surface area (TPSA) is 56.7 Å². The molecule has 0 fully saturated rings. The second kappa shape index (κ2) is 4.56. The van der Waals surface area contributed by atoms with Gasteiger partial charge in [0.15, 0.2) is 11.3 Å². The first-order chi connectivity index (χ1) is 10.3. The van der Waals surface area contributed by atoms with E-state index in [1.165, 1.54) is 6.33 Å². The molecule has 3 aromatic heterocycles. The fourth-order valence-corrected chi connectivity index (χ4v) is 2.43. The second-order valence-corrected chi connectivity index (χ2v) is 4.80. The molecule has 0 aliphatic carbocycles. The van der Waals surface area contributed by atoms with Crippen LogP contribution in [0.5, 0.6) is 0 Å². The van der Waals surface area contributed by atoms with E-state index in [-0.39, 0.29) is 0 Å². The molecular formula is C16H12N4O. The molecule has 4 aromatic rings. The maximum absolute atomic E-state index is 5.87. The van der Waals surface area contributed by atoms with Crippen molar-refractivity contribution >= 4 is 11.1 Å². The Morgan fingerprint density at radius 2 is 1.95 bits per heavy atom. The van der Waals surface area contributed by atoms with Crippen molar-refractivity contribution in [1.29, 1.82) is 0 Å². The van der Waals surface area contributed by atoms with E-state index in [9.17, 15) is 0 Å². The fourth-order valence-electron chi connectivity index (χ4n) is 2.43. The van der Waals surface area contributed by atoms with E-state index in [4.69, 9.17) is 4.42 Å². The third-order valence-corrected chi connectivity index (χ3v) is 3.41. The summed E-state index contributed by atoms with van der Waals surface area (Å²) in [5, 5.41) is 0. The van der Waals surface area contributed by atoms with Crippen molar-refractivity contribution in [3.05, 3.63) is 55.2 Å². The summed E-state index contributed by atoms with van der Waals surface area (Å²) >= 11 is 0. The first kappa shape index (κ1) is 11.8. The molecule has 0 saturated carbocycles. The highest BCUT2D eigenvalue weighted by Crippen LogP contribution is 2.33. The molecule has 0 aliphatic heterocycles. The molecule has 5 nitrogen and oxygen atoms in total. The van der Waals surface area contributed by atoms with Crippen molar-refractivity contribution in [1.82, 2.24) is 19.5 Å². The predicted molar refractivity (Wildman–Crippen MR) is 79.4 cm³/mol. The van der Waals surface area contributed by atoms with Crippen molar-refractivity contribution in [2.24, 2.45) is 7.05 Å². The largest absolute Gasteiger partial charge is 0.451 e. The van der Waals surface area contributed by atoms with Crippen molar-refractivity contribution in [2.75, 3.05) is 0 Å². The predicted octanol–water partition coefficient (Wildman–Crippen LogP) is 3.29. The van der Waals surface area contributed by atoms with Crippen LogP contribution in [0.2, 0.25) is 0 Å². The molecule has 0 saturated heterocycles. The number of rotatable bonds is 2. The van der Waals surface area contributed by atoms with E-state index >= 15 is 0 Å². The van der Waals surface area contributed by atoms with Gasteiger partial charge in [0.05, 0.1) is 18.2 Å². The molecule has 0 unspecified atom stereocenters. The lowest BCUT2D eigenvalue weighted by molar-refractivity contribution is 0.622. The molecule has 1 aromatic carbocycles. The van der Waals surface area contributed by atoms with E-state index in [0.29, 0.717) is 5.58 Å². The van der Waals surface area contributed by atoms with Crippen molar-refractivity contribution in [2.45, 2.75) is 0 Å². The Labute approximate surface area is 120 Å². The minimum atomic E-state index is 0.674. The summed E-state index contributed by atoms with van der Waals surface area (Å²) in [5.74, 6) is 0.740. The molecular weight excluding hydrogens is 264 g/mol. The molecule has 5 heteroatoms. The van der Waals surface area contributed by atoms with Gasteiger partial charge in [0.2, 0.25) is 0 Å². The first-order valence-electron chi connectivity index (χ1n) is 6.59. The Hall–Kier alpha value is -2.95. The quantitative estimate of drug-likeness (QED) is 0.563. The minimum absolute atomic E-state index is 0.674. The molecule has 0 spiro atoms. The highest BCUT2D eigenvalue weighted by atomic mass is 16.3. The number of benzene rings is 1. The molecule has 102 valence electrons. The summed E-state index contributed by atoms with van der Waals surface area (Å²) in [6, 6.07) is 12.0. The normalized spacial score (nSPS) is 11.1. The molecule has 0 bridgehead atoms. The molecule has 4 rings (SSSR count).